The van der Waals surface area contributed by atoms with Gasteiger partial charge < -0.3 is 5.32 Å². The molecule has 1 unspecified atom stereocenters. The first-order valence-electron chi connectivity index (χ1n) is 5.51. The fourth-order valence-electron chi connectivity index (χ4n) is 1.30. The number of azide groups is 1. The van der Waals surface area contributed by atoms with E-state index in [2.05, 4.69) is 22.3 Å². The Morgan fingerprint density at radius 1 is 1.53 bits per heavy atom. The van der Waals surface area contributed by atoms with E-state index in [0.29, 0.717) is 13.1 Å². The van der Waals surface area contributed by atoms with Crippen LogP contribution in [-0.2, 0) is 4.79 Å². The Kier molecular flexibility index (Phi) is 8.58. The number of amides is 1. The summed E-state index contributed by atoms with van der Waals surface area (Å²) in [5.41, 5.74) is 8.03. The third kappa shape index (κ3) is 7.82. The normalized spacial score (nSPS) is 11.6. The summed E-state index contributed by atoms with van der Waals surface area (Å²) in [5.74, 6) is 0.229. The highest BCUT2D eigenvalue weighted by atomic mass is 16.1. The van der Waals surface area contributed by atoms with Crippen LogP contribution in [0.1, 0.15) is 39.5 Å². The van der Waals surface area contributed by atoms with Crippen molar-refractivity contribution in [3.8, 4) is 0 Å². The van der Waals surface area contributed by atoms with Crippen molar-refractivity contribution in [1.82, 2.24) is 5.32 Å². The summed E-state index contributed by atoms with van der Waals surface area (Å²) < 4.78 is 0. The van der Waals surface area contributed by atoms with Crippen molar-refractivity contribution < 1.29 is 4.79 Å². The van der Waals surface area contributed by atoms with Crippen LogP contribution >= 0.6 is 0 Å². The van der Waals surface area contributed by atoms with Gasteiger partial charge in [0.2, 0.25) is 5.91 Å². The van der Waals surface area contributed by atoms with Crippen LogP contribution in [0, 0.1) is 5.92 Å². The molecule has 0 spiro atoms. The number of nitrogens with zero attached hydrogens (tertiary/aromatic N) is 3. The van der Waals surface area contributed by atoms with Crippen molar-refractivity contribution in [3.05, 3.63) is 10.4 Å². The lowest BCUT2D eigenvalue weighted by atomic mass is 10.1. The molecule has 5 nitrogen and oxygen atoms in total. The second kappa shape index (κ2) is 9.34. The van der Waals surface area contributed by atoms with Crippen LogP contribution in [0.3, 0.4) is 0 Å². The minimum Gasteiger partial charge on any atom is -0.356 e. The smallest absolute Gasteiger partial charge is 0.222 e. The number of nitrogens with one attached hydrogen (secondary N) is 1. The number of rotatable bonds is 8. The predicted molar refractivity (Wildman–Crippen MR) is 60.3 cm³/mol. The highest BCUT2D eigenvalue weighted by Gasteiger charge is 2.09. The molecule has 5 heteroatoms. The van der Waals surface area contributed by atoms with Crippen molar-refractivity contribution >= 4 is 5.91 Å². The summed E-state index contributed by atoms with van der Waals surface area (Å²) in [5, 5.41) is 6.29. The zero-order valence-electron chi connectivity index (χ0n) is 9.57. The second-order valence-electron chi connectivity index (χ2n) is 3.64. The highest BCUT2D eigenvalue weighted by Crippen LogP contribution is 2.04. The third-order valence-electron chi connectivity index (χ3n) is 2.22. The van der Waals surface area contributed by atoms with Crippen LogP contribution in [0.4, 0.5) is 0 Å². The van der Waals surface area contributed by atoms with Crippen LogP contribution < -0.4 is 5.32 Å². The molecule has 0 saturated heterocycles. The first-order valence-corrected chi connectivity index (χ1v) is 5.51. The quantitative estimate of drug-likeness (QED) is 0.285. The van der Waals surface area contributed by atoms with Crippen LogP contribution in [0.2, 0.25) is 0 Å². The van der Waals surface area contributed by atoms with Gasteiger partial charge in [0.1, 0.15) is 0 Å². The molecule has 0 aromatic heterocycles. The molecular weight excluding hydrogens is 192 g/mol. The van der Waals surface area contributed by atoms with Gasteiger partial charge in [0.05, 0.1) is 0 Å². The molecule has 0 bridgehead atoms. The lowest BCUT2D eigenvalue weighted by Gasteiger charge is -2.10. The fraction of sp³-hybridized carbons (Fsp3) is 0.900. The van der Waals surface area contributed by atoms with Crippen molar-refractivity contribution in [1.29, 1.82) is 0 Å². The largest absolute Gasteiger partial charge is 0.356 e. The molecular formula is C10H20N4O. The monoisotopic (exact) mass is 212 g/mol. The standard InChI is InChI=1S/C10H20N4O/c1-3-6-9(2)10(15)12-7-4-5-8-13-14-11/h9H,3-8H2,1-2H3,(H,12,15). The molecule has 0 rings (SSSR count). The number of carbonyl (C=O) groups is 1. The van der Waals surface area contributed by atoms with E-state index in [1.807, 2.05) is 6.92 Å². The van der Waals surface area contributed by atoms with Crippen molar-refractivity contribution in [3.63, 3.8) is 0 Å². The molecule has 0 saturated carbocycles. The molecule has 1 amide bonds. The number of hydrogen-bond acceptors (Lipinski definition) is 2. The van der Waals surface area contributed by atoms with E-state index in [-0.39, 0.29) is 11.8 Å². The maximum Gasteiger partial charge on any atom is 0.222 e. The maximum atomic E-state index is 11.4. The van der Waals surface area contributed by atoms with E-state index in [4.69, 9.17) is 5.53 Å². The molecule has 1 atom stereocenters. The van der Waals surface area contributed by atoms with E-state index < -0.39 is 0 Å². The maximum absolute atomic E-state index is 11.4. The third-order valence-corrected chi connectivity index (χ3v) is 2.22. The number of hydrogen-bond donors (Lipinski definition) is 1. The topological polar surface area (TPSA) is 77.9 Å². The Bertz CT molecular complexity index is 223. The van der Waals surface area contributed by atoms with Gasteiger partial charge in [-0.3, -0.25) is 4.79 Å². The molecule has 0 aliphatic rings. The summed E-state index contributed by atoms with van der Waals surface area (Å²) >= 11 is 0. The molecule has 0 aliphatic heterocycles. The van der Waals surface area contributed by atoms with Gasteiger partial charge in [-0.25, -0.2) is 0 Å². The highest BCUT2D eigenvalue weighted by molar-refractivity contribution is 5.78. The molecule has 0 aliphatic carbocycles. The zero-order chi connectivity index (χ0) is 11.5. The van der Waals surface area contributed by atoms with Gasteiger partial charge in [-0.2, -0.15) is 0 Å². The fourth-order valence-corrected chi connectivity index (χ4v) is 1.30. The summed E-state index contributed by atoms with van der Waals surface area (Å²) in [7, 11) is 0. The van der Waals surface area contributed by atoms with Gasteiger partial charge in [0.25, 0.3) is 0 Å². The van der Waals surface area contributed by atoms with Crippen LogP contribution in [0.5, 0.6) is 0 Å². The van der Waals surface area contributed by atoms with Gasteiger partial charge >= 0.3 is 0 Å². The second-order valence-corrected chi connectivity index (χ2v) is 3.64. The zero-order valence-corrected chi connectivity index (χ0v) is 9.57. The Morgan fingerprint density at radius 2 is 2.27 bits per heavy atom. The van der Waals surface area contributed by atoms with Gasteiger partial charge in [-0.15, -0.1) is 0 Å². The number of carbonyl (C=O) groups excluding carboxylic acids is 1. The lowest BCUT2D eigenvalue weighted by Crippen LogP contribution is -2.29. The summed E-state index contributed by atoms with van der Waals surface area (Å²) in [6.07, 6.45) is 3.66. The van der Waals surface area contributed by atoms with E-state index in [9.17, 15) is 4.79 Å². The Morgan fingerprint density at radius 3 is 2.87 bits per heavy atom. The van der Waals surface area contributed by atoms with Crippen LogP contribution in [-0.4, -0.2) is 19.0 Å². The Hall–Kier alpha value is -1.22. The van der Waals surface area contributed by atoms with Crippen molar-refractivity contribution in [2.75, 3.05) is 13.1 Å². The van der Waals surface area contributed by atoms with Gasteiger partial charge in [0.15, 0.2) is 0 Å². The minimum absolute atomic E-state index is 0.104. The Labute approximate surface area is 90.9 Å². The van der Waals surface area contributed by atoms with Crippen LogP contribution in [0.25, 0.3) is 10.4 Å². The van der Waals surface area contributed by atoms with Gasteiger partial charge in [0, 0.05) is 23.9 Å². The lowest BCUT2D eigenvalue weighted by molar-refractivity contribution is -0.124. The van der Waals surface area contributed by atoms with Crippen molar-refractivity contribution in [2.45, 2.75) is 39.5 Å². The molecule has 0 radical (unpaired) electrons. The van der Waals surface area contributed by atoms with Gasteiger partial charge in [-0.1, -0.05) is 25.4 Å². The SMILES string of the molecule is CCCC(C)C(=O)NCCCCN=[N+]=[N-]. The van der Waals surface area contributed by atoms with E-state index in [1.54, 1.807) is 0 Å². The first kappa shape index (κ1) is 13.8. The minimum atomic E-state index is 0.104. The summed E-state index contributed by atoms with van der Waals surface area (Å²) in [6.45, 7) is 5.20. The number of unbranched alkanes of at least 4 members (excludes halogenated alkanes) is 1. The van der Waals surface area contributed by atoms with E-state index in [0.717, 1.165) is 25.7 Å². The molecule has 15 heavy (non-hydrogen) atoms. The average Bonchev–Trinajstić information content (AvgIpc) is 2.23. The van der Waals surface area contributed by atoms with E-state index in [1.165, 1.54) is 0 Å². The Balaban J connectivity index is 3.42. The van der Waals surface area contributed by atoms with Gasteiger partial charge in [-0.05, 0) is 24.8 Å². The molecule has 0 aromatic carbocycles. The molecule has 0 aromatic rings. The summed E-state index contributed by atoms with van der Waals surface area (Å²) in [6, 6.07) is 0. The average molecular weight is 212 g/mol. The van der Waals surface area contributed by atoms with E-state index >= 15 is 0 Å². The molecule has 0 fully saturated rings. The molecule has 0 heterocycles. The summed E-state index contributed by atoms with van der Waals surface area (Å²) in [4.78, 5) is 14.1. The molecule has 1 N–H and O–H groups in total. The van der Waals surface area contributed by atoms with Crippen molar-refractivity contribution in [2.24, 2.45) is 11.0 Å². The molecule has 86 valence electrons. The van der Waals surface area contributed by atoms with Crippen LogP contribution in [0.15, 0.2) is 5.11 Å². The predicted octanol–water partition coefficient (Wildman–Crippen LogP) is 2.63. The first-order chi connectivity index (χ1) is 7.22.